The van der Waals surface area contributed by atoms with Crippen molar-refractivity contribution in [2.45, 2.75) is 26.9 Å². The van der Waals surface area contributed by atoms with Crippen LogP contribution in [0, 0.1) is 0 Å². The largest absolute Gasteiger partial charge is 0.434 e. The van der Waals surface area contributed by atoms with E-state index in [0.29, 0.717) is 10.9 Å². The molecule has 172 valence electrons. The molecular weight excluding hydrogens is 447 g/mol. The maximum absolute atomic E-state index is 14.3. The Labute approximate surface area is 184 Å². The molecule has 2 heterocycles. The summed E-state index contributed by atoms with van der Waals surface area (Å²) in [6.45, 7) is 3.78. The monoisotopic (exact) mass is 464 g/mol. The lowest BCUT2D eigenvalue weighted by molar-refractivity contribution is -0.143. The molecule has 33 heavy (non-hydrogen) atoms. The first-order chi connectivity index (χ1) is 15.5. The molecular formula is C22H17F5N4O2. The lowest BCUT2D eigenvalue weighted by Crippen LogP contribution is -2.26. The van der Waals surface area contributed by atoms with E-state index < -0.39 is 40.7 Å². The highest BCUT2D eigenvalue weighted by molar-refractivity contribution is 5.97. The van der Waals surface area contributed by atoms with Gasteiger partial charge in [0.25, 0.3) is 5.91 Å². The van der Waals surface area contributed by atoms with Crippen LogP contribution in [0.5, 0.6) is 0 Å². The predicted molar refractivity (Wildman–Crippen MR) is 111 cm³/mol. The predicted octanol–water partition coefficient (Wildman–Crippen LogP) is 4.83. The summed E-state index contributed by atoms with van der Waals surface area (Å²) in [4.78, 5) is 23.6. The van der Waals surface area contributed by atoms with Crippen molar-refractivity contribution in [2.24, 2.45) is 0 Å². The van der Waals surface area contributed by atoms with Gasteiger partial charge in [0.15, 0.2) is 17.6 Å². The Balaban J connectivity index is 2.14. The third kappa shape index (κ3) is 4.49. The molecule has 6 nitrogen and oxygen atoms in total. The molecule has 1 aromatic carbocycles. The highest BCUT2D eigenvalue weighted by Gasteiger charge is 2.41. The van der Waals surface area contributed by atoms with Crippen molar-refractivity contribution >= 4 is 23.6 Å². The zero-order valence-corrected chi connectivity index (χ0v) is 17.6. The summed E-state index contributed by atoms with van der Waals surface area (Å²) < 4.78 is 70.7. The molecule has 0 atom stereocenters. The molecule has 2 N–H and O–H groups in total. The minimum Gasteiger partial charge on any atom is -0.352 e. The van der Waals surface area contributed by atoms with Crippen molar-refractivity contribution in [3.05, 3.63) is 75.9 Å². The van der Waals surface area contributed by atoms with Crippen LogP contribution in [0.4, 0.5) is 22.0 Å². The number of nitrogens with zero attached hydrogens (tertiary/aromatic N) is 2. The molecule has 0 saturated carbocycles. The summed E-state index contributed by atoms with van der Waals surface area (Å²) in [6, 6.07) is 4.22. The zero-order valence-electron chi connectivity index (χ0n) is 17.6. The molecule has 0 aliphatic carbocycles. The first kappa shape index (κ1) is 23.7. The van der Waals surface area contributed by atoms with E-state index in [2.05, 4.69) is 10.4 Å². The van der Waals surface area contributed by atoms with Crippen molar-refractivity contribution in [1.29, 1.82) is 0 Å². The maximum atomic E-state index is 14.3. The van der Waals surface area contributed by atoms with Crippen molar-refractivity contribution in [3.63, 3.8) is 0 Å². The van der Waals surface area contributed by atoms with Crippen LogP contribution < -0.4 is 10.6 Å². The topological polar surface area (TPSA) is 76.0 Å². The minimum absolute atomic E-state index is 0.0111. The molecule has 1 aliphatic rings. The number of halogens is 5. The standard InChI is InChI=1S/C22H17F5N4O2/c1-11(2)18(23)12(3)20(24)30-21(33)15-9-29-31(19(15)22(25,26)27)17-6-4-5-13-14(17)7-8-28-16(13)10-32/h4-9,28H,1-3H3,(H,30,33). The maximum Gasteiger partial charge on any atom is 0.434 e. The first-order valence-electron chi connectivity index (χ1n) is 9.45. The lowest BCUT2D eigenvalue weighted by atomic mass is 10.0. The second-order valence-electron chi connectivity index (χ2n) is 7.22. The van der Waals surface area contributed by atoms with Gasteiger partial charge >= 0.3 is 6.18 Å². The van der Waals surface area contributed by atoms with Gasteiger partial charge in [-0.1, -0.05) is 12.1 Å². The number of hydrogen-bond donors (Lipinski definition) is 2. The second-order valence-corrected chi connectivity index (χ2v) is 7.22. The molecule has 1 aromatic heterocycles. The van der Waals surface area contributed by atoms with E-state index in [1.807, 2.05) is 0 Å². The summed E-state index contributed by atoms with van der Waals surface area (Å²) >= 11 is 0. The highest BCUT2D eigenvalue weighted by Crippen LogP contribution is 2.36. The minimum atomic E-state index is -5.06. The Kier molecular flexibility index (Phi) is 6.37. The molecule has 0 unspecified atom stereocenters. The van der Waals surface area contributed by atoms with Crippen LogP contribution in [0.1, 0.15) is 48.0 Å². The van der Waals surface area contributed by atoms with Gasteiger partial charge in [0.05, 0.1) is 17.4 Å². The quantitative estimate of drug-likeness (QED) is 0.294. The average Bonchev–Trinajstić information content (AvgIpc) is 3.22. The average molecular weight is 464 g/mol. The fraction of sp³-hybridized carbons (Fsp3) is 0.182. The van der Waals surface area contributed by atoms with E-state index in [1.165, 1.54) is 44.3 Å². The van der Waals surface area contributed by atoms with Crippen LogP contribution in [-0.4, -0.2) is 21.6 Å². The number of carbonyl (C=O) groups excluding carboxylic acids is 2. The number of nitrogens with one attached hydrogen (secondary N) is 2. The van der Waals surface area contributed by atoms with Crippen LogP contribution >= 0.6 is 0 Å². The summed E-state index contributed by atoms with van der Waals surface area (Å²) in [7, 11) is 0. The molecule has 0 radical (unpaired) electrons. The van der Waals surface area contributed by atoms with E-state index in [9.17, 15) is 31.5 Å². The number of carbonyl (C=O) groups is 1. The van der Waals surface area contributed by atoms with Crippen LogP contribution in [0.15, 0.2) is 53.5 Å². The fourth-order valence-corrected chi connectivity index (χ4v) is 3.20. The van der Waals surface area contributed by atoms with E-state index >= 15 is 0 Å². The van der Waals surface area contributed by atoms with Gasteiger partial charge in [-0.3, -0.25) is 10.1 Å². The first-order valence-corrected chi connectivity index (χ1v) is 9.45. The van der Waals surface area contributed by atoms with Gasteiger partial charge in [0.2, 0.25) is 0 Å². The smallest absolute Gasteiger partial charge is 0.352 e. The van der Waals surface area contributed by atoms with Gasteiger partial charge in [-0.25, -0.2) is 13.9 Å². The Hall–Kier alpha value is -3.98. The summed E-state index contributed by atoms with van der Waals surface area (Å²) in [5.74, 6) is -2.15. The Morgan fingerprint density at radius 1 is 1.18 bits per heavy atom. The highest BCUT2D eigenvalue weighted by atomic mass is 19.4. The van der Waals surface area contributed by atoms with Gasteiger partial charge in [0, 0.05) is 22.9 Å². The van der Waals surface area contributed by atoms with Crippen molar-refractivity contribution in [3.8, 4) is 5.69 Å². The number of aromatic nitrogens is 2. The van der Waals surface area contributed by atoms with Gasteiger partial charge < -0.3 is 5.32 Å². The van der Waals surface area contributed by atoms with E-state index in [4.69, 9.17) is 0 Å². The van der Waals surface area contributed by atoms with E-state index in [1.54, 1.807) is 11.3 Å². The zero-order chi connectivity index (χ0) is 24.5. The van der Waals surface area contributed by atoms with Crippen LogP contribution in [0.25, 0.3) is 17.5 Å². The number of amides is 1. The molecule has 2 aromatic rings. The van der Waals surface area contributed by atoms with Gasteiger partial charge in [-0.2, -0.15) is 22.7 Å². The number of fused-ring (bicyclic) bond motifs is 1. The third-order valence-electron chi connectivity index (χ3n) is 4.76. The molecule has 0 saturated heterocycles. The fourth-order valence-electron chi connectivity index (χ4n) is 3.20. The van der Waals surface area contributed by atoms with Crippen molar-refractivity contribution < 1.29 is 31.5 Å². The molecule has 1 amide bonds. The normalized spacial score (nSPS) is 13.5. The molecule has 1 aliphatic heterocycles. The Bertz CT molecular complexity index is 1270. The molecule has 11 heteroatoms. The van der Waals surface area contributed by atoms with Crippen LogP contribution in [-0.2, 0) is 11.0 Å². The summed E-state index contributed by atoms with van der Waals surface area (Å²) in [5, 5.41) is 7.99. The third-order valence-corrected chi connectivity index (χ3v) is 4.76. The Morgan fingerprint density at radius 3 is 2.48 bits per heavy atom. The molecule has 0 spiro atoms. The Morgan fingerprint density at radius 2 is 1.88 bits per heavy atom. The van der Waals surface area contributed by atoms with E-state index in [-0.39, 0.29) is 28.1 Å². The van der Waals surface area contributed by atoms with Gasteiger partial charge in [0.1, 0.15) is 11.5 Å². The number of benzene rings is 1. The number of rotatable bonds is 4. The summed E-state index contributed by atoms with van der Waals surface area (Å²) in [5.41, 5.74) is -2.43. The molecule has 3 rings (SSSR count). The van der Waals surface area contributed by atoms with Crippen LogP contribution in [0.3, 0.4) is 0 Å². The lowest BCUT2D eigenvalue weighted by Gasteiger charge is -2.19. The van der Waals surface area contributed by atoms with Gasteiger partial charge in [-0.05, 0) is 38.5 Å². The van der Waals surface area contributed by atoms with Crippen molar-refractivity contribution in [1.82, 2.24) is 20.4 Å². The number of allylic oxidation sites excluding steroid dienone is 3. The number of alkyl halides is 3. The summed E-state index contributed by atoms with van der Waals surface area (Å²) in [6.07, 6.45) is -1.65. The molecule has 0 bridgehead atoms. The van der Waals surface area contributed by atoms with E-state index in [0.717, 1.165) is 6.92 Å². The molecule has 0 fully saturated rings. The second kappa shape index (κ2) is 8.87. The van der Waals surface area contributed by atoms with Crippen LogP contribution in [0.2, 0.25) is 0 Å². The SMILES string of the molecule is CC(C)=C(F)C(C)=C(F)NC(=O)c1cnn(-c2cccc3c2C=CNC3=C=O)c1C(F)(F)F. The number of hydrogen-bond acceptors (Lipinski definition) is 4. The van der Waals surface area contributed by atoms with Crippen molar-refractivity contribution in [2.75, 3.05) is 0 Å². The van der Waals surface area contributed by atoms with Gasteiger partial charge in [-0.15, -0.1) is 0 Å².